The normalized spacial score (nSPS) is 12.3. The van der Waals surface area contributed by atoms with Gasteiger partial charge in [0, 0.05) is 38.8 Å². The van der Waals surface area contributed by atoms with Crippen molar-refractivity contribution in [3.63, 3.8) is 0 Å². The Labute approximate surface area is 177 Å². The van der Waals surface area contributed by atoms with Gasteiger partial charge in [0.05, 0.1) is 0 Å². The van der Waals surface area contributed by atoms with Crippen LogP contribution < -0.4 is 0 Å². The number of hydrogen-bond donors (Lipinski definition) is 2. The van der Waals surface area contributed by atoms with Gasteiger partial charge >= 0.3 is 0 Å². The first-order chi connectivity index (χ1) is 14.3. The molecule has 0 aliphatic rings. The van der Waals surface area contributed by atoms with E-state index in [0.717, 1.165) is 28.0 Å². The van der Waals surface area contributed by atoms with E-state index in [2.05, 4.69) is 11.8 Å². The number of carbonyl (C=O) groups excluding carboxylic acids is 2. The number of nitrogens with zero attached hydrogens (tertiary/aromatic N) is 2. The van der Waals surface area contributed by atoms with Gasteiger partial charge in [-0.25, -0.2) is 0 Å². The second-order valence-corrected chi connectivity index (χ2v) is 7.30. The van der Waals surface area contributed by atoms with E-state index in [9.17, 15) is 19.8 Å². The maximum Gasteiger partial charge on any atom is 0.254 e. The van der Waals surface area contributed by atoms with E-state index in [4.69, 9.17) is 0 Å². The first-order valence-electron chi connectivity index (χ1n) is 9.78. The van der Waals surface area contributed by atoms with Crippen LogP contribution in [0, 0.1) is 11.8 Å². The fourth-order valence-corrected chi connectivity index (χ4v) is 2.81. The van der Waals surface area contributed by atoms with Crippen LogP contribution in [0.4, 0.5) is 0 Å². The van der Waals surface area contributed by atoms with Gasteiger partial charge in [0.1, 0.15) is 0 Å². The molecule has 0 saturated heterocycles. The highest BCUT2D eigenvalue weighted by Gasteiger charge is 2.32. The van der Waals surface area contributed by atoms with Gasteiger partial charge in [0.2, 0.25) is 0 Å². The molecule has 30 heavy (non-hydrogen) atoms. The molecule has 2 aromatic carbocycles. The number of aliphatic hydroxyl groups is 2. The zero-order valence-electron chi connectivity index (χ0n) is 17.6. The summed E-state index contributed by atoms with van der Waals surface area (Å²) in [6, 6.07) is 17.7. The van der Waals surface area contributed by atoms with E-state index in [1.54, 1.807) is 7.05 Å². The standard InChI is InChI=1S/C24H28N2O4/c1-25(2)23(29)21(27)22(28)24(30)26(3)17-7-10-19-12-15-20(16-13-19)14-11-18-8-5-4-6-9-18/h4-6,8-9,12-13,15-16,21-22,27-28H,7,10,17H2,1-3H3. The second kappa shape index (κ2) is 11.1. The van der Waals surface area contributed by atoms with Crippen molar-refractivity contribution in [1.82, 2.24) is 9.80 Å². The molecular weight excluding hydrogens is 380 g/mol. The molecule has 0 aliphatic carbocycles. The molecule has 2 atom stereocenters. The predicted octanol–water partition coefficient (Wildman–Crippen LogP) is 1.29. The molecule has 158 valence electrons. The summed E-state index contributed by atoms with van der Waals surface area (Å²) in [4.78, 5) is 26.4. The molecule has 0 radical (unpaired) electrons. The molecule has 6 heteroatoms. The summed E-state index contributed by atoms with van der Waals surface area (Å²) in [5.41, 5.74) is 3.01. The van der Waals surface area contributed by atoms with Gasteiger partial charge < -0.3 is 20.0 Å². The highest BCUT2D eigenvalue weighted by Crippen LogP contribution is 2.08. The largest absolute Gasteiger partial charge is 0.380 e. The molecule has 2 N–H and O–H groups in total. The molecule has 0 heterocycles. The summed E-state index contributed by atoms with van der Waals surface area (Å²) in [7, 11) is 4.44. The Morgan fingerprint density at radius 3 is 1.93 bits per heavy atom. The van der Waals surface area contributed by atoms with Crippen LogP contribution in [0.3, 0.4) is 0 Å². The number of hydrogen-bond acceptors (Lipinski definition) is 4. The number of aryl methyl sites for hydroxylation is 1. The summed E-state index contributed by atoms with van der Waals surface area (Å²) >= 11 is 0. The Hall–Kier alpha value is -3.14. The molecular formula is C24H28N2O4. The highest BCUT2D eigenvalue weighted by atomic mass is 16.3. The van der Waals surface area contributed by atoms with Crippen molar-refractivity contribution in [2.24, 2.45) is 0 Å². The Kier molecular flexibility index (Phi) is 8.60. The number of amides is 2. The zero-order chi connectivity index (χ0) is 22.1. The van der Waals surface area contributed by atoms with Gasteiger partial charge in [0.25, 0.3) is 11.8 Å². The summed E-state index contributed by atoms with van der Waals surface area (Å²) < 4.78 is 0. The van der Waals surface area contributed by atoms with Gasteiger partial charge in [-0.05, 0) is 42.7 Å². The van der Waals surface area contributed by atoms with Crippen LogP contribution in [0.1, 0.15) is 23.1 Å². The second-order valence-electron chi connectivity index (χ2n) is 7.30. The minimum atomic E-state index is -1.77. The minimum Gasteiger partial charge on any atom is -0.380 e. The third-order valence-corrected chi connectivity index (χ3v) is 4.66. The number of benzene rings is 2. The Morgan fingerprint density at radius 2 is 1.37 bits per heavy atom. The van der Waals surface area contributed by atoms with E-state index in [1.807, 2.05) is 54.6 Å². The van der Waals surface area contributed by atoms with E-state index in [0.29, 0.717) is 13.0 Å². The fourth-order valence-electron chi connectivity index (χ4n) is 2.81. The van der Waals surface area contributed by atoms with Crippen molar-refractivity contribution in [2.75, 3.05) is 27.7 Å². The summed E-state index contributed by atoms with van der Waals surface area (Å²) in [5.74, 6) is 4.87. The van der Waals surface area contributed by atoms with E-state index < -0.39 is 24.0 Å². The monoisotopic (exact) mass is 408 g/mol. The summed E-state index contributed by atoms with van der Waals surface area (Å²) in [5, 5.41) is 19.8. The third kappa shape index (κ3) is 6.73. The van der Waals surface area contributed by atoms with E-state index >= 15 is 0 Å². The van der Waals surface area contributed by atoms with Gasteiger partial charge in [0.15, 0.2) is 12.2 Å². The lowest BCUT2D eigenvalue weighted by Crippen LogP contribution is -2.49. The van der Waals surface area contributed by atoms with E-state index in [1.165, 1.54) is 19.0 Å². The molecule has 0 spiro atoms. The smallest absolute Gasteiger partial charge is 0.254 e. The molecule has 0 fully saturated rings. The Balaban J connectivity index is 1.82. The highest BCUT2D eigenvalue weighted by molar-refractivity contribution is 5.90. The van der Waals surface area contributed by atoms with Crippen molar-refractivity contribution in [1.29, 1.82) is 0 Å². The number of rotatable bonds is 7. The maximum atomic E-state index is 12.2. The lowest BCUT2D eigenvalue weighted by Gasteiger charge is -2.24. The van der Waals surface area contributed by atoms with Crippen LogP contribution in [0.15, 0.2) is 54.6 Å². The molecule has 2 aromatic rings. The Morgan fingerprint density at radius 1 is 0.833 bits per heavy atom. The van der Waals surface area contributed by atoms with Crippen LogP contribution in [-0.2, 0) is 16.0 Å². The predicted molar refractivity (Wildman–Crippen MR) is 116 cm³/mol. The van der Waals surface area contributed by atoms with Crippen LogP contribution in [0.25, 0.3) is 0 Å². The van der Waals surface area contributed by atoms with E-state index in [-0.39, 0.29) is 0 Å². The third-order valence-electron chi connectivity index (χ3n) is 4.66. The van der Waals surface area contributed by atoms with Crippen LogP contribution in [0.5, 0.6) is 0 Å². The number of carbonyl (C=O) groups is 2. The molecule has 0 saturated carbocycles. The van der Waals surface area contributed by atoms with Crippen molar-refractivity contribution < 1.29 is 19.8 Å². The Bertz CT molecular complexity index is 898. The van der Waals surface area contributed by atoms with Crippen molar-refractivity contribution in [3.8, 4) is 11.8 Å². The molecule has 0 aromatic heterocycles. The minimum absolute atomic E-state index is 0.397. The first kappa shape index (κ1) is 23.1. The zero-order valence-corrected chi connectivity index (χ0v) is 17.6. The maximum absolute atomic E-state index is 12.2. The molecule has 0 aliphatic heterocycles. The molecule has 6 nitrogen and oxygen atoms in total. The molecule has 2 rings (SSSR count). The topological polar surface area (TPSA) is 81.1 Å². The number of aliphatic hydroxyl groups excluding tert-OH is 2. The first-order valence-corrected chi connectivity index (χ1v) is 9.78. The van der Waals surface area contributed by atoms with Gasteiger partial charge in [-0.2, -0.15) is 0 Å². The fraction of sp³-hybridized carbons (Fsp3) is 0.333. The quantitative estimate of drug-likeness (QED) is 0.677. The lowest BCUT2D eigenvalue weighted by atomic mass is 10.1. The summed E-state index contributed by atoms with van der Waals surface area (Å²) in [6.45, 7) is 0.397. The van der Waals surface area contributed by atoms with Crippen molar-refractivity contribution in [2.45, 2.75) is 25.0 Å². The van der Waals surface area contributed by atoms with Crippen LogP contribution in [0.2, 0.25) is 0 Å². The van der Waals surface area contributed by atoms with Gasteiger partial charge in [-0.15, -0.1) is 0 Å². The summed E-state index contributed by atoms with van der Waals surface area (Å²) in [6.07, 6.45) is -2.10. The molecule has 0 bridgehead atoms. The SMILES string of the molecule is CN(C)C(=O)C(O)C(O)C(=O)N(C)CCCc1ccc(C#Cc2ccccc2)cc1. The number of likely N-dealkylation sites (N-methyl/N-ethyl adjacent to an activating group) is 2. The molecule has 2 amide bonds. The lowest BCUT2D eigenvalue weighted by molar-refractivity contribution is -0.156. The average Bonchev–Trinajstić information content (AvgIpc) is 2.77. The van der Waals surface area contributed by atoms with Gasteiger partial charge in [-0.3, -0.25) is 9.59 Å². The average molecular weight is 408 g/mol. The van der Waals surface area contributed by atoms with Gasteiger partial charge in [-0.1, -0.05) is 42.2 Å². The van der Waals surface area contributed by atoms with Crippen LogP contribution in [-0.4, -0.2) is 71.7 Å². The van der Waals surface area contributed by atoms with Crippen LogP contribution >= 0.6 is 0 Å². The molecule has 2 unspecified atom stereocenters. The van der Waals surface area contributed by atoms with Crippen molar-refractivity contribution >= 4 is 11.8 Å². The van der Waals surface area contributed by atoms with Crippen molar-refractivity contribution in [3.05, 3.63) is 71.3 Å².